The molecule has 21 heavy (non-hydrogen) atoms. The number of ether oxygens (including phenoxy) is 1. The van der Waals surface area contributed by atoms with E-state index >= 15 is 0 Å². The van der Waals surface area contributed by atoms with Crippen molar-refractivity contribution in [2.75, 3.05) is 18.5 Å². The van der Waals surface area contributed by atoms with Crippen molar-refractivity contribution in [3.05, 3.63) is 33.9 Å². The van der Waals surface area contributed by atoms with E-state index in [1.807, 2.05) is 13.0 Å². The highest BCUT2D eigenvalue weighted by Crippen LogP contribution is 2.26. The van der Waals surface area contributed by atoms with Crippen molar-refractivity contribution in [3.8, 4) is 0 Å². The van der Waals surface area contributed by atoms with Crippen LogP contribution >= 0.6 is 0 Å². The Morgan fingerprint density at radius 2 is 2.05 bits per heavy atom. The number of rotatable bonds is 8. The van der Waals surface area contributed by atoms with Crippen LogP contribution in [0.4, 0.5) is 11.4 Å². The molecule has 0 spiro atoms. The van der Waals surface area contributed by atoms with Crippen LogP contribution in [-0.4, -0.2) is 18.1 Å². The first-order chi connectivity index (χ1) is 9.83. The van der Waals surface area contributed by atoms with Crippen LogP contribution in [0.15, 0.2) is 18.2 Å². The Morgan fingerprint density at radius 3 is 2.62 bits per heavy atom. The number of hydrogen-bond acceptors (Lipinski definition) is 4. The van der Waals surface area contributed by atoms with Gasteiger partial charge in [-0.15, -0.1) is 0 Å². The van der Waals surface area contributed by atoms with Gasteiger partial charge in [-0.3, -0.25) is 10.1 Å². The van der Waals surface area contributed by atoms with Crippen LogP contribution in [0.5, 0.6) is 0 Å². The van der Waals surface area contributed by atoms with Gasteiger partial charge in [0.25, 0.3) is 5.69 Å². The van der Waals surface area contributed by atoms with E-state index in [0.29, 0.717) is 18.9 Å². The largest absolute Gasteiger partial charge is 0.379 e. The maximum Gasteiger partial charge on any atom is 0.292 e. The molecule has 1 aromatic carbocycles. The predicted octanol–water partition coefficient (Wildman–Crippen LogP) is 4.37. The fourth-order valence-electron chi connectivity index (χ4n) is 1.80. The van der Waals surface area contributed by atoms with E-state index in [0.717, 1.165) is 24.9 Å². The molecule has 1 rings (SSSR count). The maximum absolute atomic E-state index is 11.0. The van der Waals surface area contributed by atoms with Gasteiger partial charge >= 0.3 is 0 Å². The Labute approximate surface area is 126 Å². The van der Waals surface area contributed by atoms with Crippen molar-refractivity contribution in [1.29, 1.82) is 0 Å². The zero-order valence-electron chi connectivity index (χ0n) is 13.4. The van der Waals surface area contributed by atoms with Gasteiger partial charge in [-0.2, -0.15) is 0 Å². The van der Waals surface area contributed by atoms with Gasteiger partial charge in [0.15, 0.2) is 0 Å². The van der Waals surface area contributed by atoms with Gasteiger partial charge < -0.3 is 10.1 Å². The molecule has 0 heterocycles. The third kappa shape index (κ3) is 6.58. The molecule has 0 bridgehead atoms. The van der Waals surface area contributed by atoms with Gasteiger partial charge in [-0.05, 0) is 36.0 Å². The molecule has 0 saturated carbocycles. The van der Waals surface area contributed by atoms with Crippen LogP contribution in [-0.2, 0) is 11.3 Å². The number of anilines is 1. The normalized spacial score (nSPS) is 11.4. The highest BCUT2D eigenvalue weighted by molar-refractivity contribution is 5.62. The van der Waals surface area contributed by atoms with Crippen LogP contribution in [0.2, 0.25) is 0 Å². The Hall–Kier alpha value is -1.62. The summed E-state index contributed by atoms with van der Waals surface area (Å²) in [6.07, 6.45) is 1.91. The SMILES string of the molecule is CCCNc1cc(COCCC(C)(C)C)ccc1[N+](=O)[O-]. The quantitative estimate of drug-likeness (QED) is 0.439. The number of benzene rings is 1. The standard InChI is InChI=1S/C16H26N2O3/c1-5-9-17-14-11-13(6-7-15(14)18(19)20)12-21-10-8-16(2,3)4/h6-7,11,17H,5,8-10,12H2,1-4H3. The Bertz CT molecular complexity index is 467. The van der Waals surface area contributed by atoms with Gasteiger partial charge in [-0.25, -0.2) is 0 Å². The first kappa shape index (κ1) is 17.4. The summed E-state index contributed by atoms with van der Waals surface area (Å²) >= 11 is 0. The Morgan fingerprint density at radius 1 is 1.33 bits per heavy atom. The Kier molecular flexibility index (Phi) is 6.62. The molecule has 0 aliphatic heterocycles. The van der Waals surface area contributed by atoms with Crippen LogP contribution in [0.3, 0.4) is 0 Å². The smallest absolute Gasteiger partial charge is 0.292 e. The molecule has 0 saturated heterocycles. The molecule has 0 radical (unpaired) electrons. The van der Waals surface area contributed by atoms with Gasteiger partial charge in [0.2, 0.25) is 0 Å². The van der Waals surface area contributed by atoms with Gasteiger partial charge in [0.1, 0.15) is 5.69 Å². The third-order valence-electron chi connectivity index (χ3n) is 3.09. The molecule has 5 heteroatoms. The van der Waals surface area contributed by atoms with Crippen molar-refractivity contribution in [1.82, 2.24) is 0 Å². The topological polar surface area (TPSA) is 64.4 Å². The monoisotopic (exact) mass is 294 g/mol. The second kappa shape index (κ2) is 7.98. The predicted molar refractivity (Wildman–Crippen MR) is 85.6 cm³/mol. The third-order valence-corrected chi connectivity index (χ3v) is 3.09. The van der Waals surface area contributed by atoms with E-state index in [4.69, 9.17) is 4.74 Å². The van der Waals surface area contributed by atoms with Gasteiger partial charge in [0.05, 0.1) is 11.5 Å². The molecular weight excluding hydrogens is 268 g/mol. The lowest BCUT2D eigenvalue weighted by molar-refractivity contribution is -0.384. The zero-order chi connectivity index (χ0) is 15.9. The molecule has 1 aromatic rings. The first-order valence-electron chi connectivity index (χ1n) is 7.42. The van der Waals surface area contributed by atoms with E-state index in [2.05, 4.69) is 26.1 Å². The molecule has 0 amide bonds. The number of nitro groups is 1. The molecule has 0 atom stereocenters. The summed E-state index contributed by atoms with van der Waals surface area (Å²) in [5.41, 5.74) is 1.89. The number of nitrogens with zero attached hydrogens (tertiary/aromatic N) is 1. The summed E-state index contributed by atoms with van der Waals surface area (Å²) in [7, 11) is 0. The van der Waals surface area contributed by atoms with Crippen molar-refractivity contribution in [2.45, 2.75) is 47.1 Å². The molecule has 0 fully saturated rings. The molecule has 1 N–H and O–H groups in total. The van der Waals surface area contributed by atoms with E-state index in [9.17, 15) is 10.1 Å². The molecule has 0 unspecified atom stereocenters. The van der Waals surface area contributed by atoms with E-state index in [1.54, 1.807) is 12.1 Å². The summed E-state index contributed by atoms with van der Waals surface area (Å²) in [5.74, 6) is 0. The number of nitro benzene ring substituents is 1. The lowest BCUT2D eigenvalue weighted by Crippen LogP contribution is -2.09. The highest BCUT2D eigenvalue weighted by atomic mass is 16.6. The van der Waals surface area contributed by atoms with E-state index in [-0.39, 0.29) is 16.0 Å². The average molecular weight is 294 g/mol. The van der Waals surface area contributed by atoms with Crippen molar-refractivity contribution in [3.63, 3.8) is 0 Å². The van der Waals surface area contributed by atoms with Crippen LogP contribution in [0.25, 0.3) is 0 Å². The lowest BCUT2D eigenvalue weighted by Gasteiger charge is -2.17. The number of nitrogens with one attached hydrogen (secondary N) is 1. The summed E-state index contributed by atoms with van der Waals surface area (Å²) in [6.45, 7) is 10.4. The highest BCUT2D eigenvalue weighted by Gasteiger charge is 2.14. The molecule has 0 aliphatic carbocycles. The minimum Gasteiger partial charge on any atom is -0.379 e. The molecule has 0 aromatic heterocycles. The summed E-state index contributed by atoms with van der Waals surface area (Å²) in [6, 6.07) is 5.11. The molecule has 5 nitrogen and oxygen atoms in total. The average Bonchev–Trinajstić information content (AvgIpc) is 2.40. The second-order valence-electron chi connectivity index (χ2n) is 6.40. The van der Waals surface area contributed by atoms with E-state index < -0.39 is 0 Å². The van der Waals surface area contributed by atoms with Crippen LogP contribution < -0.4 is 5.32 Å². The van der Waals surface area contributed by atoms with Gasteiger partial charge in [-0.1, -0.05) is 27.7 Å². The van der Waals surface area contributed by atoms with Crippen molar-refractivity contribution in [2.24, 2.45) is 5.41 Å². The summed E-state index contributed by atoms with van der Waals surface area (Å²) in [5, 5.41) is 14.1. The fraction of sp³-hybridized carbons (Fsp3) is 0.625. The molecule has 0 aliphatic rings. The maximum atomic E-state index is 11.0. The Balaban J connectivity index is 2.64. The van der Waals surface area contributed by atoms with Crippen LogP contribution in [0, 0.1) is 15.5 Å². The zero-order valence-corrected chi connectivity index (χ0v) is 13.4. The molecular formula is C16H26N2O3. The minimum atomic E-state index is -0.359. The summed E-state index contributed by atoms with van der Waals surface area (Å²) < 4.78 is 5.66. The van der Waals surface area contributed by atoms with Gasteiger partial charge in [0, 0.05) is 19.2 Å². The molecule has 118 valence electrons. The minimum absolute atomic E-state index is 0.113. The second-order valence-corrected chi connectivity index (χ2v) is 6.40. The first-order valence-corrected chi connectivity index (χ1v) is 7.42. The fourth-order valence-corrected chi connectivity index (χ4v) is 1.80. The van der Waals surface area contributed by atoms with Crippen molar-refractivity contribution >= 4 is 11.4 Å². The van der Waals surface area contributed by atoms with E-state index in [1.165, 1.54) is 0 Å². The summed E-state index contributed by atoms with van der Waals surface area (Å²) in [4.78, 5) is 10.6. The van der Waals surface area contributed by atoms with Crippen molar-refractivity contribution < 1.29 is 9.66 Å². The van der Waals surface area contributed by atoms with Crippen LogP contribution in [0.1, 0.15) is 46.1 Å². The number of hydrogen-bond donors (Lipinski definition) is 1. The lowest BCUT2D eigenvalue weighted by atomic mass is 9.93.